The van der Waals surface area contributed by atoms with Crippen LogP contribution in [0.15, 0.2) is 45.8 Å². The summed E-state index contributed by atoms with van der Waals surface area (Å²) < 4.78 is 45.1. The third-order valence-corrected chi connectivity index (χ3v) is 5.77. The molecule has 1 heterocycles. The van der Waals surface area contributed by atoms with Crippen molar-refractivity contribution >= 4 is 35.8 Å². The molecule has 6 nitrogen and oxygen atoms in total. The van der Waals surface area contributed by atoms with E-state index in [-0.39, 0.29) is 36.3 Å². The number of benzene rings is 1. The van der Waals surface area contributed by atoms with E-state index in [2.05, 4.69) is 15.6 Å². The number of nitrogens with zero attached hydrogens (tertiary/aromatic N) is 1. The number of primary amides is 1. The highest BCUT2D eigenvalue weighted by molar-refractivity contribution is 14.0. The van der Waals surface area contributed by atoms with Gasteiger partial charge in [0, 0.05) is 19.0 Å². The molecule has 176 valence electrons. The van der Waals surface area contributed by atoms with Crippen LogP contribution in [0.5, 0.6) is 0 Å². The average molecular weight is 564 g/mol. The Morgan fingerprint density at radius 3 is 2.47 bits per heavy atom. The summed E-state index contributed by atoms with van der Waals surface area (Å²) >= 11 is 0. The van der Waals surface area contributed by atoms with Crippen molar-refractivity contribution in [3.8, 4) is 0 Å². The number of alkyl halides is 3. The van der Waals surface area contributed by atoms with Gasteiger partial charge < -0.3 is 20.8 Å². The lowest BCUT2D eigenvalue weighted by Gasteiger charge is -2.38. The first kappa shape index (κ1) is 26.0. The van der Waals surface area contributed by atoms with E-state index in [0.29, 0.717) is 23.8 Å². The van der Waals surface area contributed by atoms with Crippen molar-refractivity contribution in [1.82, 2.24) is 10.6 Å². The van der Waals surface area contributed by atoms with Crippen LogP contribution in [0.3, 0.4) is 0 Å². The van der Waals surface area contributed by atoms with Gasteiger partial charge >= 0.3 is 6.18 Å². The quantitative estimate of drug-likeness (QED) is 0.272. The van der Waals surface area contributed by atoms with Gasteiger partial charge in [-0.15, -0.1) is 24.0 Å². The minimum atomic E-state index is -4.37. The number of carbonyl (C=O) groups excluding carboxylic acids is 1. The fourth-order valence-corrected chi connectivity index (χ4v) is 4.07. The van der Waals surface area contributed by atoms with E-state index in [1.807, 2.05) is 0 Å². The highest BCUT2D eigenvalue weighted by Gasteiger charge is 2.37. The molecule has 1 aromatic carbocycles. The molecule has 1 saturated carbocycles. The third-order valence-electron chi connectivity index (χ3n) is 5.77. The lowest BCUT2D eigenvalue weighted by atomic mass is 9.69. The first-order chi connectivity index (χ1) is 14.7. The van der Waals surface area contributed by atoms with Crippen molar-refractivity contribution in [3.05, 3.63) is 59.0 Å². The normalized spacial score (nSPS) is 16.2. The second-order valence-corrected chi connectivity index (χ2v) is 7.83. The molecular formula is C22H28F3IN4O2. The topological polar surface area (TPSA) is 92.6 Å². The van der Waals surface area contributed by atoms with Crippen LogP contribution in [0.4, 0.5) is 13.2 Å². The minimum Gasteiger partial charge on any atom is -0.454 e. The average Bonchev–Trinajstić information content (AvgIpc) is 3.23. The summed E-state index contributed by atoms with van der Waals surface area (Å²) in [5.41, 5.74) is 4.86. The molecule has 1 fully saturated rings. The van der Waals surface area contributed by atoms with Crippen molar-refractivity contribution in [2.45, 2.75) is 50.2 Å². The Kier molecular flexibility index (Phi) is 8.99. The summed E-state index contributed by atoms with van der Waals surface area (Å²) in [6, 6.07) is 8.79. The van der Waals surface area contributed by atoms with Crippen LogP contribution >= 0.6 is 24.0 Å². The molecule has 0 spiro atoms. The van der Waals surface area contributed by atoms with E-state index in [9.17, 15) is 18.0 Å². The lowest BCUT2D eigenvalue weighted by Crippen LogP contribution is -2.46. The predicted molar refractivity (Wildman–Crippen MR) is 127 cm³/mol. The molecule has 1 aromatic heterocycles. The largest absolute Gasteiger partial charge is 0.454 e. The van der Waals surface area contributed by atoms with Gasteiger partial charge in [-0.25, -0.2) is 0 Å². The predicted octanol–water partition coefficient (Wildman–Crippen LogP) is 4.58. The smallest absolute Gasteiger partial charge is 0.416 e. The van der Waals surface area contributed by atoms with Gasteiger partial charge in [-0.3, -0.25) is 9.79 Å². The lowest BCUT2D eigenvalue weighted by molar-refractivity contribution is -0.137. The Hall–Kier alpha value is -2.24. The van der Waals surface area contributed by atoms with Gasteiger partial charge in [0.25, 0.3) is 5.91 Å². The van der Waals surface area contributed by atoms with Gasteiger partial charge in [0.15, 0.2) is 11.7 Å². The number of hydrogen-bond acceptors (Lipinski definition) is 3. The summed E-state index contributed by atoms with van der Waals surface area (Å²) in [4.78, 5) is 15.3. The second-order valence-electron chi connectivity index (χ2n) is 7.83. The number of rotatable bonds is 6. The van der Waals surface area contributed by atoms with Crippen LogP contribution in [-0.2, 0) is 18.1 Å². The molecule has 4 N–H and O–H groups in total. The zero-order chi connectivity index (χ0) is 22.5. The number of amides is 1. The van der Waals surface area contributed by atoms with E-state index < -0.39 is 23.1 Å². The summed E-state index contributed by atoms with van der Waals surface area (Å²) in [6.07, 6.45) is 0.244. The standard InChI is InChI=1S/C22H27F3N4O2.HI/c1-27-20(28-13-17-8-9-18(31-17)19(26)30)29-14-21(10-3-2-4-11-21)15-6-5-7-16(12-15)22(23,24)25;/h5-9,12H,2-4,10-11,13-14H2,1H3,(H2,26,30)(H2,27,28,29);1H. The van der Waals surface area contributed by atoms with Crippen LogP contribution in [0, 0.1) is 0 Å². The number of guanidine groups is 1. The number of nitrogens with two attached hydrogens (primary N) is 1. The SMILES string of the molecule is CN=C(NCc1ccc(C(N)=O)o1)NCC1(c2cccc(C(F)(F)F)c2)CCCCC1.I. The Bertz CT molecular complexity index is 937. The number of halogens is 4. The molecule has 0 unspecified atom stereocenters. The van der Waals surface area contributed by atoms with Gasteiger partial charge in [-0.2, -0.15) is 13.2 Å². The first-order valence-electron chi connectivity index (χ1n) is 10.2. The number of furan rings is 1. The maximum absolute atomic E-state index is 13.3. The van der Waals surface area contributed by atoms with E-state index in [1.165, 1.54) is 18.2 Å². The maximum Gasteiger partial charge on any atom is 0.416 e. The van der Waals surface area contributed by atoms with Gasteiger partial charge in [0.05, 0.1) is 12.1 Å². The number of nitrogens with one attached hydrogen (secondary N) is 2. The highest BCUT2D eigenvalue weighted by Crippen LogP contribution is 2.41. The monoisotopic (exact) mass is 564 g/mol. The van der Waals surface area contributed by atoms with Crippen molar-refractivity contribution in [1.29, 1.82) is 0 Å². The number of aliphatic imine (C=N–C) groups is 1. The van der Waals surface area contributed by atoms with Gasteiger partial charge in [0.1, 0.15) is 5.76 Å². The van der Waals surface area contributed by atoms with E-state index in [1.54, 1.807) is 19.2 Å². The molecule has 1 aliphatic carbocycles. The molecule has 32 heavy (non-hydrogen) atoms. The first-order valence-corrected chi connectivity index (χ1v) is 10.2. The van der Waals surface area contributed by atoms with E-state index in [0.717, 1.165) is 38.2 Å². The Labute approximate surface area is 202 Å². The zero-order valence-corrected chi connectivity index (χ0v) is 20.1. The summed E-state index contributed by atoms with van der Waals surface area (Å²) in [5, 5.41) is 6.36. The second kappa shape index (κ2) is 11.1. The molecular weight excluding hydrogens is 536 g/mol. The Balaban J connectivity index is 0.00000363. The molecule has 1 aliphatic rings. The molecule has 1 amide bonds. The van der Waals surface area contributed by atoms with Gasteiger partial charge in [-0.05, 0) is 36.6 Å². The van der Waals surface area contributed by atoms with Crippen molar-refractivity contribution in [2.24, 2.45) is 10.7 Å². The summed E-state index contributed by atoms with van der Waals surface area (Å²) in [7, 11) is 1.62. The van der Waals surface area contributed by atoms with E-state index in [4.69, 9.17) is 10.2 Å². The molecule has 0 radical (unpaired) electrons. The fraction of sp³-hybridized carbons (Fsp3) is 0.455. The fourth-order valence-electron chi connectivity index (χ4n) is 4.07. The van der Waals surface area contributed by atoms with Crippen LogP contribution in [0.25, 0.3) is 0 Å². The van der Waals surface area contributed by atoms with Crippen LogP contribution < -0.4 is 16.4 Å². The minimum absolute atomic E-state index is 0. The van der Waals surface area contributed by atoms with Gasteiger partial charge in [-0.1, -0.05) is 37.5 Å². The highest BCUT2D eigenvalue weighted by atomic mass is 127. The zero-order valence-electron chi connectivity index (χ0n) is 17.8. The number of hydrogen-bond donors (Lipinski definition) is 3. The Morgan fingerprint density at radius 2 is 1.88 bits per heavy atom. The molecule has 3 rings (SSSR count). The van der Waals surface area contributed by atoms with E-state index >= 15 is 0 Å². The molecule has 0 bridgehead atoms. The molecule has 0 aliphatic heterocycles. The Morgan fingerprint density at radius 1 is 1.16 bits per heavy atom. The number of carbonyl (C=O) groups is 1. The van der Waals surface area contributed by atoms with Crippen molar-refractivity contribution < 1.29 is 22.4 Å². The molecule has 0 saturated heterocycles. The van der Waals surface area contributed by atoms with Crippen LogP contribution in [0.1, 0.15) is 59.5 Å². The van der Waals surface area contributed by atoms with Crippen LogP contribution in [0.2, 0.25) is 0 Å². The molecule has 0 atom stereocenters. The van der Waals surface area contributed by atoms with Crippen molar-refractivity contribution in [3.63, 3.8) is 0 Å². The summed E-state index contributed by atoms with van der Waals surface area (Å²) in [6.45, 7) is 0.738. The van der Waals surface area contributed by atoms with Crippen molar-refractivity contribution in [2.75, 3.05) is 13.6 Å². The van der Waals surface area contributed by atoms with Crippen LogP contribution in [-0.4, -0.2) is 25.5 Å². The summed E-state index contributed by atoms with van der Waals surface area (Å²) in [5.74, 6) is 0.440. The van der Waals surface area contributed by atoms with Gasteiger partial charge in [0.2, 0.25) is 0 Å². The maximum atomic E-state index is 13.3. The molecule has 2 aromatic rings. The molecule has 10 heteroatoms. The third kappa shape index (κ3) is 6.39.